The third-order valence-electron chi connectivity index (χ3n) is 7.64. The van der Waals surface area contributed by atoms with Gasteiger partial charge in [0.15, 0.2) is 11.5 Å². The number of hydrogen-bond acceptors (Lipinski definition) is 7. The van der Waals surface area contributed by atoms with Crippen LogP contribution in [0.2, 0.25) is 0 Å². The van der Waals surface area contributed by atoms with E-state index in [1.807, 2.05) is 12.1 Å². The van der Waals surface area contributed by atoms with Gasteiger partial charge in [-0.2, -0.15) is 0 Å². The summed E-state index contributed by atoms with van der Waals surface area (Å²) in [7, 11) is 0. The van der Waals surface area contributed by atoms with Gasteiger partial charge in [0.05, 0.1) is 10.6 Å². The average Bonchev–Trinajstić information content (AvgIpc) is 3.70. The van der Waals surface area contributed by atoms with Gasteiger partial charge in [0.1, 0.15) is 19.0 Å². The van der Waals surface area contributed by atoms with E-state index in [1.54, 1.807) is 18.2 Å². The molecule has 3 aliphatic heterocycles. The Morgan fingerprint density at radius 3 is 2.67 bits per heavy atom. The molecule has 4 aromatic rings. The predicted molar refractivity (Wildman–Crippen MR) is 152 cm³/mol. The van der Waals surface area contributed by atoms with Crippen LogP contribution in [-0.4, -0.2) is 55.1 Å². The first-order chi connectivity index (χ1) is 19.5. The lowest BCUT2D eigenvalue weighted by molar-refractivity contribution is 0.102. The van der Waals surface area contributed by atoms with Gasteiger partial charge in [0.2, 0.25) is 0 Å². The van der Waals surface area contributed by atoms with Crippen LogP contribution in [0.25, 0.3) is 10.1 Å². The number of anilines is 2. The first-order valence-electron chi connectivity index (χ1n) is 13.3. The fraction of sp³-hybridized carbons (Fsp3) is 0.267. The molecule has 8 nitrogen and oxygen atoms in total. The normalized spacial score (nSPS) is 19.6. The van der Waals surface area contributed by atoms with Gasteiger partial charge in [-0.3, -0.25) is 14.5 Å². The number of likely N-dealkylation sites (tertiary alicyclic amines) is 1. The standard InChI is InChI=1S/C30H27FN4O4S/c31-23-5-4-20(33-29(36)19-3-6-25-26(10-19)39-8-7-38-25)13-24(23)34-30(37)28-11-18-2-1-17(9-27(18)40-28)15-35-16-21-12-22(35)14-32-21/h1-6,9-11,13,21-22,32H,7-8,12,14-16H2,(H,33,36)(H,34,37)/t21-,22-/m0/s1. The van der Waals surface area contributed by atoms with E-state index in [4.69, 9.17) is 9.47 Å². The minimum atomic E-state index is -0.594. The summed E-state index contributed by atoms with van der Waals surface area (Å²) < 4.78 is 26.7. The Bertz CT molecular complexity index is 1640. The molecule has 7 rings (SSSR count). The van der Waals surface area contributed by atoms with E-state index in [9.17, 15) is 14.0 Å². The van der Waals surface area contributed by atoms with Gasteiger partial charge in [-0.25, -0.2) is 4.39 Å². The molecular weight excluding hydrogens is 531 g/mol. The number of rotatable bonds is 6. The number of nitrogens with zero attached hydrogens (tertiary/aromatic N) is 1. The maximum atomic E-state index is 14.6. The summed E-state index contributed by atoms with van der Waals surface area (Å²) in [4.78, 5) is 28.9. The summed E-state index contributed by atoms with van der Waals surface area (Å²) in [5.41, 5.74) is 1.93. The van der Waals surface area contributed by atoms with E-state index in [-0.39, 0.29) is 11.6 Å². The number of nitrogens with one attached hydrogen (secondary N) is 3. The number of amides is 2. The van der Waals surface area contributed by atoms with E-state index in [2.05, 4.69) is 33.0 Å². The zero-order valence-electron chi connectivity index (χ0n) is 21.5. The fourth-order valence-corrected chi connectivity index (χ4v) is 6.65. The van der Waals surface area contributed by atoms with Crippen molar-refractivity contribution in [3.8, 4) is 11.5 Å². The Morgan fingerprint density at radius 1 is 0.975 bits per heavy atom. The average molecular weight is 559 g/mol. The summed E-state index contributed by atoms with van der Waals surface area (Å²) in [6.07, 6.45) is 1.21. The lowest BCUT2D eigenvalue weighted by Gasteiger charge is -2.27. The summed E-state index contributed by atoms with van der Waals surface area (Å²) in [6.45, 7) is 3.90. The first-order valence-corrected chi connectivity index (χ1v) is 14.1. The van der Waals surface area contributed by atoms with Crippen LogP contribution >= 0.6 is 11.3 Å². The molecule has 3 aliphatic rings. The monoisotopic (exact) mass is 558 g/mol. The number of hydrogen-bond donors (Lipinski definition) is 3. The van der Waals surface area contributed by atoms with E-state index < -0.39 is 11.7 Å². The van der Waals surface area contributed by atoms with Crippen molar-refractivity contribution in [3.63, 3.8) is 0 Å². The van der Waals surface area contributed by atoms with Crippen molar-refractivity contribution in [1.82, 2.24) is 10.2 Å². The van der Waals surface area contributed by atoms with E-state index in [0.29, 0.717) is 52.9 Å². The van der Waals surface area contributed by atoms with Gasteiger partial charge < -0.3 is 25.4 Å². The van der Waals surface area contributed by atoms with Gasteiger partial charge >= 0.3 is 0 Å². The molecule has 204 valence electrons. The van der Waals surface area contributed by atoms with E-state index >= 15 is 0 Å². The Balaban J connectivity index is 1.04. The second-order valence-corrected chi connectivity index (χ2v) is 11.5. The molecule has 0 radical (unpaired) electrons. The molecule has 2 atom stereocenters. The van der Waals surface area contributed by atoms with Crippen LogP contribution in [0, 0.1) is 5.82 Å². The Hall–Kier alpha value is -3.99. The number of carbonyl (C=O) groups excluding carboxylic acids is 2. The van der Waals surface area contributed by atoms with Crippen LogP contribution < -0.4 is 25.4 Å². The van der Waals surface area contributed by atoms with Crippen LogP contribution in [-0.2, 0) is 6.54 Å². The number of thiophene rings is 1. The summed E-state index contributed by atoms with van der Waals surface area (Å²) >= 11 is 1.38. The zero-order chi connectivity index (χ0) is 27.2. The Kier molecular flexibility index (Phi) is 6.38. The highest BCUT2D eigenvalue weighted by Gasteiger charge is 2.37. The second-order valence-electron chi connectivity index (χ2n) is 10.4. The van der Waals surface area contributed by atoms with E-state index in [1.165, 1.54) is 41.5 Å². The van der Waals surface area contributed by atoms with Gasteiger partial charge in [-0.05, 0) is 65.9 Å². The summed E-state index contributed by atoms with van der Waals surface area (Å²) in [5, 5.41) is 9.93. The molecule has 0 aliphatic carbocycles. The molecule has 40 heavy (non-hydrogen) atoms. The van der Waals surface area contributed by atoms with Gasteiger partial charge in [0.25, 0.3) is 11.8 Å². The third kappa shape index (κ3) is 4.90. The Labute approximate surface area is 234 Å². The number of piperazine rings is 1. The topological polar surface area (TPSA) is 91.9 Å². The number of ether oxygens (including phenoxy) is 2. The lowest BCUT2D eigenvalue weighted by atomic mass is 10.1. The lowest BCUT2D eigenvalue weighted by Crippen LogP contribution is -2.42. The quantitative estimate of drug-likeness (QED) is 0.313. The molecule has 0 spiro atoms. The highest BCUT2D eigenvalue weighted by Crippen LogP contribution is 2.32. The molecule has 3 N–H and O–H groups in total. The zero-order valence-corrected chi connectivity index (χ0v) is 22.4. The van der Waals surface area contributed by atoms with Gasteiger partial charge in [-0.15, -0.1) is 11.3 Å². The van der Waals surface area contributed by atoms with Crippen molar-refractivity contribution < 1.29 is 23.5 Å². The van der Waals surface area contributed by atoms with Crippen LogP contribution in [0.15, 0.2) is 60.7 Å². The molecule has 10 heteroatoms. The number of fused-ring (bicyclic) bond motifs is 4. The van der Waals surface area contributed by atoms with E-state index in [0.717, 1.165) is 29.7 Å². The number of halogens is 1. The highest BCUT2D eigenvalue weighted by molar-refractivity contribution is 7.20. The molecule has 2 bridgehead atoms. The molecule has 2 amide bonds. The minimum Gasteiger partial charge on any atom is -0.486 e. The highest BCUT2D eigenvalue weighted by atomic mass is 32.1. The molecule has 4 heterocycles. The van der Waals surface area contributed by atoms with Crippen molar-refractivity contribution in [1.29, 1.82) is 0 Å². The molecule has 0 saturated carbocycles. The molecule has 2 fully saturated rings. The maximum Gasteiger partial charge on any atom is 0.265 e. The third-order valence-corrected chi connectivity index (χ3v) is 8.74. The smallest absolute Gasteiger partial charge is 0.265 e. The first kappa shape index (κ1) is 25.0. The van der Waals surface area contributed by atoms with Crippen molar-refractivity contribution in [2.45, 2.75) is 25.0 Å². The molecule has 3 aromatic carbocycles. The Morgan fingerprint density at radius 2 is 1.85 bits per heavy atom. The molecular formula is C30H27FN4O4S. The van der Waals surface area contributed by atoms with Crippen LogP contribution in [0.3, 0.4) is 0 Å². The fourth-order valence-electron chi connectivity index (χ4n) is 5.63. The van der Waals surface area contributed by atoms with Crippen molar-refractivity contribution in [3.05, 3.63) is 82.5 Å². The summed E-state index contributed by atoms with van der Waals surface area (Å²) in [5.74, 6) is -0.299. The van der Waals surface area contributed by atoms with Crippen LogP contribution in [0.1, 0.15) is 32.0 Å². The van der Waals surface area contributed by atoms with Crippen molar-refractivity contribution in [2.75, 3.05) is 36.9 Å². The van der Waals surface area contributed by atoms with Crippen molar-refractivity contribution >= 4 is 44.6 Å². The predicted octanol–water partition coefficient (Wildman–Crippen LogP) is 4.86. The second kappa shape index (κ2) is 10.2. The van der Waals surface area contributed by atoms with Crippen molar-refractivity contribution in [2.24, 2.45) is 0 Å². The van der Waals surface area contributed by atoms with Gasteiger partial charge in [-0.1, -0.05) is 12.1 Å². The van der Waals surface area contributed by atoms with Crippen LogP contribution in [0.4, 0.5) is 15.8 Å². The number of benzene rings is 3. The minimum absolute atomic E-state index is 0.0131. The summed E-state index contributed by atoms with van der Waals surface area (Å²) in [6, 6.07) is 18.3. The van der Waals surface area contributed by atoms with Gasteiger partial charge in [0, 0.05) is 47.7 Å². The van der Waals surface area contributed by atoms with Crippen LogP contribution in [0.5, 0.6) is 11.5 Å². The SMILES string of the molecule is O=C(Nc1ccc(F)c(NC(=O)c2cc3ccc(CN4C[C@@H]5C[C@H]4CN5)cc3s2)c1)c1ccc2c(c1)OCCO2. The molecule has 2 saturated heterocycles. The largest absolute Gasteiger partial charge is 0.486 e. The molecule has 0 unspecified atom stereocenters. The number of carbonyl (C=O) groups is 2. The molecule has 1 aromatic heterocycles. The maximum absolute atomic E-state index is 14.6.